The summed E-state index contributed by atoms with van der Waals surface area (Å²) < 4.78 is 23.1. The minimum atomic E-state index is -1.29. The molecule has 0 amide bonds. The molecule has 0 N–H and O–H groups in total. The molecule has 1 aliphatic rings. The van der Waals surface area contributed by atoms with E-state index < -0.39 is 16.6 Å². The molecule has 0 unspecified atom stereocenters. The Morgan fingerprint density at radius 1 is 1.35 bits per heavy atom. The molecule has 1 fully saturated rings. The molecule has 110 valence electrons. The first-order valence-corrected chi connectivity index (χ1v) is 7.96. The third-order valence-corrected chi connectivity index (χ3v) is 4.48. The number of rotatable bonds is 5. The highest BCUT2D eigenvalue weighted by molar-refractivity contribution is 7.85. The second kappa shape index (κ2) is 6.16. The van der Waals surface area contributed by atoms with E-state index >= 15 is 0 Å². The van der Waals surface area contributed by atoms with Crippen LogP contribution in [0.4, 0.5) is 0 Å². The van der Waals surface area contributed by atoms with Gasteiger partial charge >= 0.3 is 0 Å². The molecule has 2 atom stereocenters. The summed E-state index contributed by atoms with van der Waals surface area (Å²) >= 11 is 0. The normalized spacial score (nSPS) is 22.6. The maximum absolute atomic E-state index is 12.1. The Kier molecular flexibility index (Phi) is 4.73. The zero-order valence-electron chi connectivity index (χ0n) is 12.0. The van der Waals surface area contributed by atoms with Crippen LogP contribution in [0.3, 0.4) is 0 Å². The SMILES string of the molecule is Cc1ccc([S@](=O)CC(=O)C[C@H]2COC(C)(C)O2)cc1. The monoisotopic (exact) mass is 296 g/mol. The van der Waals surface area contributed by atoms with E-state index in [1.54, 1.807) is 12.1 Å². The molecule has 1 heterocycles. The highest BCUT2D eigenvalue weighted by atomic mass is 32.2. The second-order valence-electron chi connectivity index (χ2n) is 5.50. The van der Waals surface area contributed by atoms with Crippen molar-refractivity contribution in [3.8, 4) is 0 Å². The van der Waals surface area contributed by atoms with E-state index in [-0.39, 0.29) is 24.1 Å². The van der Waals surface area contributed by atoms with E-state index in [0.717, 1.165) is 5.56 Å². The van der Waals surface area contributed by atoms with E-state index in [0.29, 0.717) is 11.5 Å². The molecule has 1 aliphatic heterocycles. The maximum atomic E-state index is 12.1. The first kappa shape index (κ1) is 15.4. The van der Waals surface area contributed by atoms with E-state index in [4.69, 9.17) is 9.47 Å². The van der Waals surface area contributed by atoms with Gasteiger partial charge in [0.2, 0.25) is 0 Å². The Hall–Kier alpha value is -1.04. The van der Waals surface area contributed by atoms with Gasteiger partial charge < -0.3 is 9.47 Å². The highest BCUT2D eigenvalue weighted by Crippen LogP contribution is 2.24. The fourth-order valence-corrected chi connectivity index (χ4v) is 3.11. The summed E-state index contributed by atoms with van der Waals surface area (Å²) in [4.78, 5) is 12.6. The lowest BCUT2D eigenvalue weighted by Gasteiger charge is -2.16. The van der Waals surface area contributed by atoms with Gasteiger partial charge in [0.05, 0.1) is 29.3 Å². The van der Waals surface area contributed by atoms with Gasteiger partial charge in [0.15, 0.2) is 5.79 Å². The molecule has 0 spiro atoms. The van der Waals surface area contributed by atoms with Gasteiger partial charge in [0, 0.05) is 11.3 Å². The molecule has 20 heavy (non-hydrogen) atoms. The summed E-state index contributed by atoms with van der Waals surface area (Å²) in [6.07, 6.45) is 0.0219. The number of Topliss-reactive ketones (excluding diaryl/α,β-unsaturated/α-hetero) is 1. The predicted octanol–water partition coefficient (Wildman–Crippen LogP) is 2.21. The van der Waals surface area contributed by atoms with Gasteiger partial charge in [0.1, 0.15) is 5.78 Å². The molecule has 2 rings (SSSR count). The largest absolute Gasteiger partial charge is 0.348 e. The summed E-state index contributed by atoms with van der Waals surface area (Å²) in [6.45, 7) is 6.02. The fourth-order valence-electron chi connectivity index (χ4n) is 2.10. The minimum Gasteiger partial charge on any atom is -0.348 e. The average Bonchev–Trinajstić information content (AvgIpc) is 2.69. The van der Waals surface area contributed by atoms with Crippen LogP contribution < -0.4 is 0 Å². The lowest BCUT2D eigenvalue weighted by atomic mass is 10.2. The molecule has 5 heteroatoms. The topological polar surface area (TPSA) is 52.6 Å². The first-order chi connectivity index (χ1) is 9.35. The molecule has 4 nitrogen and oxygen atoms in total. The molecular weight excluding hydrogens is 276 g/mol. The Morgan fingerprint density at radius 3 is 2.55 bits per heavy atom. The van der Waals surface area contributed by atoms with Crippen LogP contribution in [0.1, 0.15) is 25.8 Å². The third-order valence-electron chi connectivity index (χ3n) is 3.10. The van der Waals surface area contributed by atoms with Crippen molar-refractivity contribution in [3.63, 3.8) is 0 Å². The lowest BCUT2D eigenvalue weighted by Crippen LogP contribution is -2.24. The minimum absolute atomic E-state index is 0.0311. The number of hydrogen-bond acceptors (Lipinski definition) is 4. The Bertz CT molecular complexity index is 507. The van der Waals surface area contributed by atoms with Crippen molar-refractivity contribution in [1.29, 1.82) is 0 Å². The molecule has 0 bridgehead atoms. The quantitative estimate of drug-likeness (QED) is 0.836. The van der Waals surface area contributed by atoms with Crippen molar-refractivity contribution in [1.82, 2.24) is 0 Å². The summed E-state index contributed by atoms with van der Waals surface area (Å²) in [5.74, 6) is -0.653. The third kappa shape index (κ3) is 4.23. The van der Waals surface area contributed by atoms with Crippen molar-refractivity contribution in [3.05, 3.63) is 29.8 Å². The predicted molar refractivity (Wildman–Crippen MR) is 77.0 cm³/mol. The highest BCUT2D eigenvalue weighted by Gasteiger charge is 2.33. The van der Waals surface area contributed by atoms with Gasteiger partial charge in [-0.2, -0.15) is 0 Å². The lowest BCUT2D eigenvalue weighted by molar-refractivity contribution is -0.141. The standard InChI is InChI=1S/C15H20O4S/c1-11-4-6-14(7-5-11)20(17)10-12(16)8-13-9-18-15(2,3)19-13/h4-7,13H,8-10H2,1-3H3/t13-,20+/m0/s1. The van der Waals surface area contributed by atoms with Crippen LogP contribution in [0.15, 0.2) is 29.2 Å². The smallest absolute Gasteiger partial charge is 0.163 e. The Morgan fingerprint density at radius 2 is 2.00 bits per heavy atom. The van der Waals surface area contributed by atoms with E-state index in [1.165, 1.54) is 0 Å². The molecule has 0 saturated carbocycles. The zero-order valence-corrected chi connectivity index (χ0v) is 12.9. The van der Waals surface area contributed by atoms with Crippen LogP contribution in [0, 0.1) is 6.92 Å². The molecule has 1 aromatic rings. The maximum Gasteiger partial charge on any atom is 0.163 e. The summed E-state index contributed by atoms with van der Waals surface area (Å²) in [7, 11) is -1.29. The average molecular weight is 296 g/mol. The second-order valence-corrected chi connectivity index (χ2v) is 6.95. The molecule has 0 radical (unpaired) electrons. The van der Waals surface area contributed by atoms with Gasteiger partial charge in [0.25, 0.3) is 0 Å². The van der Waals surface area contributed by atoms with E-state index in [1.807, 2.05) is 32.9 Å². The van der Waals surface area contributed by atoms with Gasteiger partial charge in [-0.25, -0.2) is 0 Å². The van der Waals surface area contributed by atoms with Gasteiger partial charge in [-0.3, -0.25) is 9.00 Å². The molecule has 0 aromatic heterocycles. The van der Waals surface area contributed by atoms with Crippen molar-refractivity contribution in [2.24, 2.45) is 0 Å². The van der Waals surface area contributed by atoms with Gasteiger partial charge in [-0.1, -0.05) is 17.7 Å². The van der Waals surface area contributed by atoms with E-state index in [2.05, 4.69) is 0 Å². The summed E-state index contributed by atoms with van der Waals surface area (Å²) in [5, 5.41) is 0. The zero-order chi connectivity index (χ0) is 14.8. The number of ether oxygens (including phenoxy) is 2. The van der Waals surface area contributed by atoms with Crippen LogP contribution in [-0.2, 0) is 25.1 Å². The molecule has 1 saturated heterocycles. The molecule has 0 aliphatic carbocycles. The van der Waals surface area contributed by atoms with Crippen LogP contribution >= 0.6 is 0 Å². The van der Waals surface area contributed by atoms with Gasteiger partial charge in [-0.05, 0) is 32.9 Å². The van der Waals surface area contributed by atoms with Crippen LogP contribution in [0.5, 0.6) is 0 Å². The Balaban J connectivity index is 1.85. The molecular formula is C15H20O4S. The number of aryl methyl sites for hydroxylation is 1. The van der Waals surface area contributed by atoms with Crippen molar-refractivity contribution in [2.45, 2.75) is 44.0 Å². The van der Waals surface area contributed by atoms with Gasteiger partial charge in [-0.15, -0.1) is 0 Å². The fraction of sp³-hybridized carbons (Fsp3) is 0.533. The number of hydrogen-bond donors (Lipinski definition) is 0. The Labute approximate surface area is 121 Å². The van der Waals surface area contributed by atoms with Crippen LogP contribution in [0.25, 0.3) is 0 Å². The number of carbonyl (C=O) groups excluding carboxylic acids is 1. The van der Waals surface area contributed by atoms with E-state index in [9.17, 15) is 9.00 Å². The summed E-state index contributed by atoms with van der Waals surface area (Å²) in [6, 6.07) is 7.40. The van der Waals surface area contributed by atoms with Crippen molar-refractivity contribution >= 4 is 16.6 Å². The van der Waals surface area contributed by atoms with Crippen LogP contribution in [-0.4, -0.2) is 34.2 Å². The number of benzene rings is 1. The van der Waals surface area contributed by atoms with Crippen molar-refractivity contribution in [2.75, 3.05) is 12.4 Å². The van der Waals surface area contributed by atoms with Crippen LogP contribution in [0.2, 0.25) is 0 Å². The summed E-state index contributed by atoms with van der Waals surface area (Å²) in [5.41, 5.74) is 1.11. The van der Waals surface area contributed by atoms with Crippen molar-refractivity contribution < 1.29 is 18.5 Å². The first-order valence-electron chi connectivity index (χ1n) is 6.64. The number of carbonyl (C=O) groups is 1. The molecule has 1 aromatic carbocycles. The number of ketones is 1.